The van der Waals surface area contributed by atoms with Crippen LogP contribution in [-0.2, 0) is 16.1 Å². The third-order valence-electron chi connectivity index (χ3n) is 3.17. The standard InChI is InChI=1S/C17H11BrF2N2O4S/c18-12-2-3-13(25-17(19)20)10(7-12)1-4-15(23)24-8-14-21-16(26-22-14)11-5-6-27-9-11/h1-7,9,17H,8H2/b4-1+. The molecule has 0 bridgehead atoms. The quantitative estimate of drug-likeness (QED) is 0.371. The lowest BCUT2D eigenvalue weighted by molar-refractivity contribution is -0.139. The molecule has 2 heterocycles. The molecule has 0 amide bonds. The summed E-state index contributed by atoms with van der Waals surface area (Å²) in [5.41, 5.74) is 1.08. The van der Waals surface area contributed by atoms with Crippen molar-refractivity contribution < 1.29 is 27.6 Å². The van der Waals surface area contributed by atoms with Crippen molar-refractivity contribution in [3.8, 4) is 17.2 Å². The Morgan fingerprint density at radius 3 is 2.96 bits per heavy atom. The molecule has 3 rings (SSSR count). The second kappa shape index (κ2) is 8.87. The minimum Gasteiger partial charge on any atom is -0.454 e. The molecule has 6 nitrogen and oxygen atoms in total. The van der Waals surface area contributed by atoms with Crippen molar-refractivity contribution >= 4 is 39.3 Å². The first-order valence-corrected chi connectivity index (χ1v) is 9.19. The number of esters is 1. The lowest BCUT2D eigenvalue weighted by Gasteiger charge is -2.08. The molecule has 0 radical (unpaired) electrons. The van der Waals surface area contributed by atoms with Crippen LogP contribution >= 0.6 is 27.3 Å². The van der Waals surface area contributed by atoms with Crippen LogP contribution in [0.1, 0.15) is 11.4 Å². The summed E-state index contributed by atoms with van der Waals surface area (Å²) in [5.74, 6) is -0.210. The zero-order chi connectivity index (χ0) is 19.2. The molecule has 0 fully saturated rings. The van der Waals surface area contributed by atoms with Crippen molar-refractivity contribution in [2.45, 2.75) is 13.2 Å². The van der Waals surface area contributed by atoms with Crippen molar-refractivity contribution in [1.82, 2.24) is 10.1 Å². The van der Waals surface area contributed by atoms with E-state index in [1.54, 1.807) is 6.07 Å². The zero-order valence-electron chi connectivity index (χ0n) is 13.5. The fourth-order valence-electron chi connectivity index (χ4n) is 2.01. The van der Waals surface area contributed by atoms with E-state index in [9.17, 15) is 13.6 Å². The SMILES string of the molecule is O=C(/C=C/c1cc(Br)ccc1OC(F)F)OCc1noc(-c2ccsc2)n1. The van der Waals surface area contributed by atoms with Gasteiger partial charge in [0.05, 0.1) is 5.56 Å². The Labute approximate surface area is 164 Å². The molecule has 0 N–H and O–H groups in total. The Morgan fingerprint density at radius 1 is 1.37 bits per heavy atom. The molecule has 0 aliphatic heterocycles. The second-order valence-corrected chi connectivity index (χ2v) is 6.73. The van der Waals surface area contributed by atoms with Crippen LogP contribution in [0.25, 0.3) is 17.5 Å². The molecule has 0 saturated heterocycles. The summed E-state index contributed by atoms with van der Waals surface area (Å²) in [6.45, 7) is -3.16. The minimum absolute atomic E-state index is 0.0594. The number of thiophene rings is 1. The van der Waals surface area contributed by atoms with E-state index in [1.807, 2.05) is 16.8 Å². The predicted molar refractivity (Wildman–Crippen MR) is 97.2 cm³/mol. The van der Waals surface area contributed by atoms with E-state index in [-0.39, 0.29) is 18.2 Å². The van der Waals surface area contributed by atoms with Crippen LogP contribution in [0.5, 0.6) is 5.75 Å². The summed E-state index contributed by atoms with van der Waals surface area (Å²) >= 11 is 4.72. The average molecular weight is 457 g/mol. The summed E-state index contributed by atoms with van der Waals surface area (Å²) in [6, 6.07) is 6.28. The number of nitrogens with zero attached hydrogens (tertiary/aromatic N) is 2. The zero-order valence-corrected chi connectivity index (χ0v) is 15.9. The lowest BCUT2D eigenvalue weighted by Crippen LogP contribution is -2.04. The summed E-state index contributed by atoms with van der Waals surface area (Å²) in [5, 5.41) is 7.45. The number of ether oxygens (including phenoxy) is 2. The molecule has 2 aromatic heterocycles. The smallest absolute Gasteiger partial charge is 0.387 e. The van der Waals surface area contributed by atoms with Crippen molar-refractivity contribution in [2.24, 2.45) is 0 Å². The predicted octanol–water partition coefficient (Wildman–Crippen LogP) is 4.92. The van der Waals surface area contributed by atoms with Gasteiger partial charge in [0.25, 0.3) is 5.89 Å². The van der Waals surface area contributed by atoms with E-state index in [2.05, 4.69) is 30.8 Å². The van der Waals surface area contributed by atoms with E-state index >= 15 is 0 Å². The minimum atomic E-state index is -2.97. The Kier molecular flexibility index (Phi) is 6.30. The lowest BCUT2D eigenvalue weighted by atomic mass is 10.2. The maximum absolute atomic E-state index is 12.4. The molecular weight excluding hydrogens is 446 g/mol. The Balaban J connectivity index is 1.60. The third-order valence-corrected chi connectivity index (χ3v) is 4.34. The van der Waals surface area contributed by atoms with E-state index in [0.717, 1.165) is 11.6 Å². The summed E-state index contributed by atoms with van der Waals surface area (Å²) in [4.78, 5) is 16.0. The number of aromatic nitrogens is 2. The first-order chi connectivity index (χ1) is 13.0. The van der Waals surface area contributed by atoms with Gasteiger partial charge in [-0.3, -0.25) is 0 Å². The van der Waals surface area contributed by atoms with Gasteiger partial charge in [-0.05, 0) is 35.7 Å². The molecule has 0 atom stereocenters. The van der Waals surface area contributed by atoms with Gasteiger partial charge in [0, 0.05) is 21.5 Å². The number of carbonyl (C=O) groups excluding carboxylic acids is 1. The molecule has 27 heavy (non-hydrogen) atoms. The normalized spacial score (nSPS) is 11.3. The molecule has 0 aliphatic rings. The molecule has 1 aromatic carbocycles. The topological polar surface area (TPSA) is 74.5 Å². The van der Waals surface area contributed by atoms with E-state index in [4.69, 9.17) is 9.26 Å². The number of carbonyl (C=O) groups is 1. The Bertz CT molecular complexity index is 944. The first-order valence-electron chi connectivity index (χ1n) is 7.45. The highest BCUT2D eigenvalue weighted by molar-refractivity contribution is 9.10. The van der Waals surface area contributed by atoms with Gasteiger partial charge < -0.3 is 14.0 Å². The van der Waals surface area contributed by atoms with Gasteiger partial charge in [0.15, 0.2) is 6.61 Å². The maximum atomic E-state index is 12.4. The van der Waals surface area contributed by atoms with Gasteiger partial charge in [-0.15, -0.1) is 0 Å². The fraction of sp³-hybridized carbons (Fsp3) is 0.118. The van der Waals surface area contributed by atoms with Crippen LogP contribution in [0.15, 0.2) is 50.1 Å². The van der Waals surface area contributed by atoms with Gasteiger partial charge in [-0.1, -0.05) is 21.1 Å². The third kappa shape index (κ3) is 5.44. The second-order valence-electron chi connectivity index (χ2n) is 5.03. The number of hydrogen-bond acceptors (Lipinski definition) is 7. The van der Waals surface area contributed by atoms with Gasteiger partial charge in [0.1, 0.15) is 5.75 Å². The van der Waals surface area contributed by atoms with Crippen LogP contribution in [0.3, 0.4) is 0 Å². The monoisotopic (exact) mass is 456 g/mol. The molecular formula is C17H11BrF2N2O4S. The number of hydrogen-bond donors (Lipinski definition) is 0. The van der Waals surface area contributed by atoms with Crippen molar-refractivity contribution in [3.63, 3.8) is 0 Å². The molecule has 3 aromatic rings. The molecule has 140 valence electrons. The number of benzene rings is 1. The van der Waals surface area contributed by atoms with Crippen LogP contribution in [0.2, 0.25) is 0 Å². The van der Waals surface area contributed by atoms with Crippen molar-refractivity contribution in [2.75, 3.05) is 0 Å². The summed E-state index contributed by atoms with van der Waals surface area (Å²) in [7, 11) is 0. The van der Waals surface area contributed by atoms with E-state index in [1.165, 1.54) is 29.5 Å². The van der Waals surface area contributed by atoms with Crippen molar-refractivity contribution in [1.29, 1.82) is 0 Å². The molecule has 0 aliphatic carbocycles. The van der Waals surface area contributed by atoms with Crippen LogP contribution < -0.4 is 4.74 Å². The highest BCUT2D eigenvalue weighted by Gasteiger charge is 2.11. The van der Waals surface area contributed by atoms with Crippen LogP contribution in [0, 0.1) is 0 Å². The van der Waals surface area contributed by atoms with E-state index < -0.39 is 12.6 Å². The first kappa shape index (κ1) is 19.2. The van der Waals surface area contributed by atoms with Gasteiger partial charge >= 0.3 is 12.6 Å². The molecule has 0 saturated carbocycles. The maximum Gasteiger partial charge on any atom is 0.387 e. The number of alkyl halides is 2. The summed E-state index contributed by atoms with van der Waals surface area (Å²) < 4.78 is 40.0. The average Bonchev–Trinajstić information content (AvgIpc) is 3.31. The van der Waals surface area contributed by atoms with E-state index in [0.29, 0.717) is 15.9 Å². The highest BCUT2D eigenvalue weighted by Crippen LogP contribution is 2.26. The number of halogens is 3. The van der Waals surface area contributed by atoms with Crippen LogP contribution in [-0.4, -0.2) is 22.7 Å². The van der Waals surface area contributed by atoms with Crippen molar-refractivity contribution in [3.05, 3.63) is 57.0 Å². The summed E-state index contributed by atoms with van der Waals surface area (Å²) in [6.07, 6.45) is 2.41. The van der Waals surface area contributed by atoms with Crippen LogP contribution in [0.4, 0.5) is 8.78 Å². The Morgan fingerprint density at radius 2 is 2.22 bits per heavy atom. The highest BCUT2D eigenvalue weighted by atomic mass is 79.9. The van der Waals surface area contributed by atoms with Gasteiger partial charge in [0.2, 0.25) is 5.82 Å². The molecule has 10 heteroatoms. The van der Waals surface area contributed by atoms with Gasteiger partial charge in [-0.2, -0.15) is 25.1 Å². The number of rotatable bonds is 7. The molecule has 0 unspecified atom stereocenters. The Hall–Kier alpha value is -2.59. The fourth-order valence-corrected chi connectivity index (χ4v) is 3.02. The van der Waals surface area contributed by atoms with Gasteiger partial charge in [-0.25, -0.2) is 4.79 Å². The molecule has 0 spiro atoms. The largest absolute Gasteiger partial charge is 0.454 e.